The van der Waals surface area contributed by atoms with E-state index in [0.29, 0.717) is 6.54 Å². The first-order valence-corrected chi connectivity index (χ1v) is 6.97. The number of nitrogens with zero attached hydrogens (tertiary/aromatic N) is 1. The van der Waals surface area contributed by atoms with Crippen molar-refractivity contribution in [2.75, 3.05) is 6.54 Å². The topological polar surface area (TPSA) is 54.7 Å². The molecule has 2 aromatic rings. The van der Waals surface area contributed by atoms with Gasteiger partial charge >= 0.3 is 0 Å². The normalized spacial score (nSPS) is 16.8. The first-order valence-electron chi connectivity index (χ1n) is 6.18. The van der Waals surface area contributed by atoms with Crippen LogP contribution >= 0.6 is 15.9 Å². The SMILES string of the molecule is Cc1[nH]c(C2(CN)CC2)nc1-c1cccc(Br)c1. The zero-order valence-corrected chi connectivity index (χ0v) is 11.9. The van der Waals surface area contributed by atoms with Gasteiger partial charge < -0.3 is 10.7 Å². The number of nitrogens with one attached hydrogen (secondary N) is 1. The van der Waals surface area contributed by atoms with Crippen LogP contribution in [0, 0.1) is 6.92 Å². The molecule has 0 radical (unpaired) electrons. The summed E-state index contributed by atoms with van der Waals surface area (Å²) in [6.45, 7) is 2.75. The Kier molecular flexibility index (Phi) is 2.79. The van der Waals surface area contributed by atoms with Gasteiger partial charge in [-0.3, -0.25) is 0 Å². The molecule has 94 valence electrons. The molecule has 1 heterocycles. The molecule has 4 heteroatoms. The predicted molar refractivity (Wildman–Crippen MR) is 76.4 cm³/mol. The van der Waals surface area contributed by atoms with Crippen LogP contribution in [-0.2, 0) is 5.41 Å². The third kappa shape index (κ3) is 1.89. The van der Waals surface area contributed by atoms with Crippen LogP contribution in [0.4, 0.5) is 0 Å². The summed E-state index contributed by atoms with van der Waals surface area (Å²) in [6, 6.07) is 8.23. The fourth-order valence-electron chi connectivity index (χ4n) is 2.32. The molecule has 0 bridgehead atoms. The third-order valence-corrected chi connectivity index (χ3v) is 4.22. The van der Waals surface area contributed by atoms with Gasteiger partial charge in [-0.05, 0) is 31.9 Å². The summed E-state index contributed by atoms with van der Waals surface area (Å²) in [4.78, 5) is 8.18. The lowest BCUT2D eigenvalue weighted by molar-refractivity contribution is 0.658. The maximum atomic E-state index is 5.86. The highest BCUT2D eigenvalue weighted by Gasteiger charge is 2.45. The zero-order chi connectivity index (χ0) is 12.8. The molecule has 0 saturated heterocycles. The van der Waals surface area contributed by atoms with E-state index < -0.39 is 0 Å². The van der Waals surface area contributed by atoms with E-state index in [1.165, 1.54) is 0 Å². The van der Waals surface area contributed by atoms with Gasteiger partial charge in [0.25, 0.3) is 0 Å². The standard InChI is InChI=1S/C14H16BrN3/c1-9-12(10-3-2-4-11(15)7-10)18-13(17-9)14(8-16)5-6-14/h2-4,7H,5-6,8,16H2,1H3,(H,17,18). The Hall–Kier alpha value is -1.13. The van der Waals surface area contributed by atoms with E-state index in [2.05, 4.69) is 40.0 Å². The summed E-state index contributed by atoms with van der Waals surface area (Å²) in [5.74, 6) is 1.05. The van der Waals surface area contributed by atoms with Gasteiger partial charge in [-0.25, -0.2) is 4.98 Å². The number of H-pyrrole nitrogens is 1. The number of aromatic amines is 1. The van der Waals surface area contributed by atoms with Gasteiger partial charge in [0.15, 0.2) is 0 Å². The van der Waals surface area contributed by atoms with Crippen LogP contribution in [0.3, 0.4) is 0 Å². The highest BCUT2D eigenvalue weighted by molar-refractivity contribution is 9.10. The molecule has 1 aliphatic carbocycles. The molecule has 3 N–H and O–H groups in total. The van der Waals surface area contributed by atoms with Gasteiger partial charge in [0, 0.05) is 27.7 Å². The molecule has 18 heavy (non-hydrogen) atoms. The van der Waals surface area contributed by atoms with Crippen LogP contribution in [0.2, 0.25) is 0 Å². The Morgan fingerprint density at radius 3 is 2.83 bits per heavy atom. The van der Waals surface area contributed by atoms with E-state index >= 15 is 0 Å². The van der Waals surface area contributed by atoms with E-state index in [0.717, 1.165) is 40.1 Å². The first kappa shape index (κ1) is 11.9. The van der Waals surface area contributed by atoms with Crippen molar-refractivity contribution in [3.8, 4) is 11.3 Å². The molecular formula is C14H16BrN3. The van der Waals surface area contributed by atoms with Gasteiger partial charge in [0.2, 0.25) is 0 Å². The summed E-state index contributed by atoms with van der Waals surface area (Å²) in [6.07, 6.45) is 2.29. The van der Waals surface area contributed by atoms with Gasteiger partial charge in [-0.1, -0.05) is 28.1 Å². The summed E-state index contributed by atoms with van der Waals surface area (Å²) in [5, 5.41) is 0. The fraction of sp³-hybridized carbons (Fsp3) is 0.357. The minimum absolute atomic E-state index is 0.120. The third-order valence-electron chi connectivity index (χ3n) is 3.73. The van der Waals surface area contributed by atoms with Crippen molar-refractivity contribution in [1.82, 2.24) is 9.97 Å². The Morgan fingerprint density at radius 1 is 1.44 bits per heavy atom. The van der Waals surface area contributed by atoms with Crippen molar-refractivity contribution in [3.05, 3.63) is 40.3 Å². The minimum atomic E-state index is 0.120. The highest BCUT2D eigenvalue weighted by atomic mass is 79.9. The molecule has 0 aliphatic heterocycles. The second-order valence-corrected chi connectivity index (χ2v) is 5.97. The maximum Gasteiger partial charge on any atom is 0.114 e. The molecule has 0 amide bonds. The predicted octanol–water partition coefficient (Wildman–Crippen LogP) is 3.14. The monoisotopic (exact) mass is 305 g/mol. The van der Waals surface area contributed by atoms with E-state index in [-0.39, 0.29) is 5.41 Å². The number of benzene rings is 1. The number of nitrogens with two attached hydrogens (primary N) is 1. The highest BCUT2D eigenvalue weighted by Crippen LogP contribution is 2.46. The summed E-state index contributed by atoms with van der Waals surface area (Å²) in [7, 11) is 0. The molecule has 0 spiro atoms. The number of aryl methyl sites for hydroxylation is 1. The quantitative estimate of drug-likeness (QED) is 0.915. The average molecular weight is 306 g/mol. The van der Waals surface area contributed by atoms with Crippen LogP contribution in [0.15, 0.2) is 28.7 Å². The van der Waals surface area contributed by atoms with Gasteiger partial charge in [-0.15, -0.1) is 0 Å². The molecule has 1 aromatic carbocycles. The number of halogens is 1. The largest absolute Gasteiger partial charge is 0.345 e. The van der Waals surface area contributed by atoms with Crippen molar-refractivity contribution in [3.63, 3.8) is 0 Å². The first-order chi connectivity index (χ1) is 8.64. The summed E-state index contributed by atoms with van der Waals surface area (Å²) in [5.41, 5.74) is 9.26. The molecule has 1 saturated carbocycles. The molecule has 1 fully saturated rings. The number of aromatic nitrogens is 2. The molecule has 3 rings (SSSR count). The van der Waals surface area contributed by atoms with E-state index in [1.807, 2.05) is 12.1 Å². The molecule has 1 aromatic heterocycles. The van der Waals surface area contributed by atoms with Crippen LogP contribution in [0.25, 0.3) is 11.3 Å². The smallest absolute Gasteiger partial charge is 0.114 e. The summed E-state index contributed by atoms with van der Waals surface area (Å²) >= 11 is 3.50. The molecular weight excluding hydrogens is 290 g/mol. The zero-order valence-electron chi connectivity index (χ0n) is 10.3. The lowest BCUT2D eigenvalue weighted by atomic mass is 10.1. The molecule has 0 unspecified atom stereocenters. The van der Waals surface area contributed by atoms with Crippen LogP contribution in [0.5, 0.6) is 0 Å². The van der Waals surface area contributed by atoms with E-state index in [9.17, 15) is 0 Å². The van der Waals surface area contributed by atoms with Crippen molar-refractivity contribution in [2.45, 2.75) is 25.2 Å². The van der Waals surface area contributed by atoms with Crippen molar-refractivity contribution in [1.29, 1.82) is 0 Å². The Bertz CT molecular complexity index is 584. The Morgan fingerprint density at radius 2 is 2.22 bits per heavy atom. The van der Waals surface area contributed by atoms with Gasteiger partial charge in [0.1, 0.15) is 5.82 Å². The molecule has 3 nitrogen and oxygen atoms in total. The summed E-state index contributed by atoms with van der Waals surface area (Å²) < 4.78 is 1.07. The van der Waals surface area contributed by atoms with E-state index in [4.69, 9.17) is 10.7 Å². The van der Waals surface area contributed by atoms with E-state index in [1.54, 1.807) is 0 Å². The maximum absolute atomic E-state index is 5.86. The Labute approximate surface area is 115 Å². The Balaban J connectivity index is 2.03. The van der Waals surface area contributed by atoms with Gasteiger partial charge in [0.05, 0.1) is 5.69 Å². The number of imidazole rings is 1. The lowest BCUT2D eigenvalue weighted by Gasteiger charge is -2.07. The number of hydrogen-bond acceptors (Lipinski definition) is 2. The van der Waals surface area contributed by atoms with Crippen molar-refractivity contribution in [2.24, 2.45) is 5.73 Å². The second-order valence-electron chi connectivity index (χ2n) is 5.05. The van der Waals surface area contributed by atoms with Crippen molar-refractivity contribution >= 4 is 15.9 Å². The minimum Gasteiger partial charge on any atom is -0.345 e. The lowest BCUT2D eigenvalue weighted by Crippen LogP contribution is -2.21. The molecule has 0 atom stereocenters. The average Bonchev–Trinajstić information content (AvgIpc) is 3.07. The van der Waals surface area contributed by atoms with Crippen molar-refractivity contribution < 1.29 is 0 Å². The van der Waals surface area contributed by atoms with Gasteiger partial charge in [-0.2, -0.15) is 0 Å². The number of rotatable bonds is 3. The fourth-order valence-corrected chi connectivity index (χ4v) is 2.72. The van der Waals surface area contributed by atoms with Crippen LogP contribution in [0.1, 0.15) is 24.4 Å². The molecule has 1 aliphatic rings. The van der Waals surface area contributed by atoms with Crippen LogP contribution < -0.4 is 5.73 Å². The second kappa shape index (κ2) is 4.21. The van der Waals surface area contributed by atoms with Crippen LogP contribution in [-0.4, -0.2) is 16.5 Å². The number of hydrogen-bond donors (Lipinski definition) is 2.